The first kappa shape index (κ1) is 10.4. The van der Waals surface area contributed by atoms with E-state index in [1.54, 1.807) is 31.5 Å². The molecule has 1 aromatic rings. The molecule has 0 bridgehead atoms. The molecule has 2 heteroatoms. The van der Waals surface area contributed by atoms with E-state index in [-0.39, 0.29) is 5.83 Å². The van der Waals surface area contributed by atoms with Crippen molar-refractivity contribution in [2.45, 2.75) is 6.92 Å². The summed E-state index contributed by atoms with van der Waals surface area (Å²) in [5, 5.41) is 0. The Morgan fingerprint density at radius 1 is 1.36 bits per heavy atom. The van der Waals surface area contributed by atoms with Gasteiger partial charge in [0.2, 0.25) is 0 Å². The minimum Gasteiger partial charge on any atom is -0.265 e. The van der Waals surface area contributed by atoms with Gasteiger partial charge in [0.05, 0.1) is 0 Å². The highest BCUT2D eigenvalue weighted by Gasteiger charge is 1.98. The Kier molecular flexibility index (Phi) is 3.35. The molecule has 1 aromatic heterocycles. The Hall–Kier alpha value is -1.70. The van der Waals surface area contributed by atoms with Crippen molar-refractivity contribution in [3.05, 3.63) is 60.7 Å². The first-order valence-corrected chi connectivity index (χ1v) is 4.23. The van der Waals surface area contributed by atoms with Crippen molar-refractivity contribution in [3.63, 3.8) is 0 Å². The fourth-order valence-electron chi connectivity index (χ4n) is 0.925. The number of allylic oxidation sites excluding steroid dienone is 4. The van der Waals surface area contributed by atoms with Gasteiger partial charge in [-0.15, -0.1) is 0 Å². The number of nitrogens with zero attached hydrogens (tertiary/aromatic N) is 1. The number of rotatable bonds is 3. The van der Waals surface area contributed by atoms with Crippen LogP contribution in [-0.2, 0) is 0 Å². The third-order valence-electron chi connectivity index (χ3n) is 1.76. The van der Waals surface area contributed by atoms with E-state index < -0.39 is 0 Å². The molecule has 1 heterocycles. The number of aromatic nitrogens is 1. The van der Waals surface area contributed by atoms with Crippen LogP contribution in [-0.4, -0.2) is 4.98 Å². The van der Waals surface area contributed by atoms with Gasteiger partial charge < -0.3 is 0 Å². The van der Waals surface area contributed by atoms with Crippen molar-refractivity contribution >= 4 is 5.57 Å². The van der Waals surface area contributed by atoms with Gasteiger partial charge in [-0.2, -0.15) is 0 Å². The minimum atomic E-state index is -0.341. The fraction of sp³-hybridized carbons (Fsp3) is 0.0833. The summed E-state index contributed by atoms with van der Waals surface area (Å²) >= 11 is 0. The molecule has 1 nitrogen and oxygen atoms in total. The van der Waals surface area contributed by atoms with Crippen LogP contribution in [0, 0.1) is 0 Å². The second kappa shape index (κ2) is 4.51. The van der Waals surface area contributed by atoms with Gasteiger partial charge in [-0.05, 0) is 41.8 Å². The summed E-state index contributed by atoms with van der Waals surface area (Å²) in [5.74, 6) is -0.341. The number of hydrogen-bond acceptors (Lipinski definition) is 1. The summed E-state index contributed by atoms with van der Waals surface area (Å²) in [6.45, 7) is 8.88. The average molecular weight is 189 g/mol. The molecule has 0 aliphatic rings. The molecule has 0 unspecified atom stereocenters. The molecule has 0 aliphatic carbocycles. The van der Waals surface area contributed by atoms with E-state index in [2.05, 4.69) is 18.1 Å². The molecule has 0 spiro atoms. The molecule has 0 radical (unpaired) electrons. The van der Waals surface area contributed by atoms with Crippen LogP contribution in [0.1, 0.15) is 12.5 Å². The number of pyridine rings is 1. The normalized spacial score (nSPS) is 11.1. The SMILES string of the molecule is C=C(C)/C(F)=C\C(=C)c1ccncc1. The van der Waals surface area contributed by atoms with E-state index in [4.69, 9.17) is 0 Å². The Balaban J connectivity index is 2.88. The minimum absolute atomic E-state index is 0.341. The van der Waals surface area contributed by atoms with Gasteiger partial charge >= 0.3 is 0 Å². The largest absolute Gasteiger partial charge is 0.265 e. The molecule has 0 aliphatic heterocycles. The number of halogens is 1. The standard InChI is InChI=1S/C12H12FN/c1-9(2)12(13)8-10(3)11-4-6-14-7-5-11/h4-8H,1,3H2,2H3/b12-8+. The summed E-state index contributed by atoms with van der Waals surface area (Å²) in [7, 11) is 0. The lowest BCUT2D eigenvalue weighted by Gasteiger charge is -2.00. The third-order valence-corrected chi connectivity index (χ3v) is 1.76. The highest BCUT2D eigenvalue weighted by atomic mass is 19.1. The van der Waals surface area contributed by atoms with Gasteiger partial charge in [0, 0.05) is 12.4 Å². The first-order valence-electron chi connectivity index (χ1n) is 4.23. The quantitative estimate of drug-likeness (QED) is 0.663. The lowest BCUT2D eigenvalue weighted by Crippen LogP contribution is -1.82. The van der Waals surface area contributed by atoms with Gasteiger partial charge in [-0.1, -0.05) is 13.2 Å². The van der Waals surface area contributed by atoms with Crippen molar-refractivity contribution in [2.75, 3.05) is 0 Å². The molecule has 0 amide bonds. The van der Waals surface area contributed by atoms with Crippen molar-refractivity contribution in [1.82, 2.24) is 4.98 Å². The zero-order chi connectivity index (χ0) is 10.6. The lowest BCUT2D eigenvalue weighted by atomic mass is 10.1. The molecule has 0 N–H and O–H groups in total. The van der Waals surface area contributed by atoms with Crippen molar-refractivity contribution < 1.29 is 4.39 Å². The zero-order valence-electron chi connectivity index (χ0n) is 8.13. The van der Waals surface area contributed by atoms with Gasteiger partial charge in [0.15, 0.2) is 0 Å². The van der Waals surface area contributed by atoms with Gasteiger partial charge in [-0.3, -0.25) is 4.98 Å². The predicted octanol–water partition coefficient (Wildman–Crippen LogP) is 3.52. The van der Waals surface area contributed by atoms with Crippen LogP contribution in [0.5, 0.6) is 0 Å². The monoisotopic (exact) mass is 189 g/mol. The Morgan fingerprint density at radius 2 is 1.93 bits per heavy atom. The molecule has 0 atom stereocenters. The van der Waals surface area contributed by atoms with E-state index in [0.717, 1.165) is 5.56 Å². The van der Waals surface area contributed by atoms with Crippen LogP contribution >= 0.6 is 0 Å². The lowest BCUT2D eigenvalue weighted by molar-refractivity contribution is 0.653. The van der Waals surface area contributed by atoms with Crippen LogP contribution in [0.4, 0.5) is 4.39 Å². The van der Waals surface area contributed by atoms with Crippen molar-refractivity contribution in [2.24, 2.45) is 0 Å². The molecular weight excluding hydrogens is 177 g/mol. The summed E-state index contributed by atoms with van der Waals surface area (Å²) in [5.41, 5.74) is 1.88. The predicted molar refractivity (Wildman–Crippen MR) is 57.3 cm³/mol. The van der Waals surface area contributed by atoms with E-state index in [1.165, 1.54) is 6.08 Å². The summed E-state index contributed by atoms with van der Waals surface area (Å²) in [6.07, 6.45) is 4.66. The summed E-state index contributed by atoms with van der Waals surface area (Å²) < 4.78 is 13.1. The Morgan fingerprint density at radius 3 is 2.43 bits per heavy atom. The maximum Gasteiger partial charge on any atom is 0.126 e. The van der Waals surface area contributed by atoms with E-state index >= 15 is 0 Å². The van der Waals surface area contributed by atoms with E-state index in [0.29, 0.717) is 11.1 Å². The van der Waals surface area contributed by atoms with Gasteiger partial charge in [0.25, 0.3) is 0 Å². The molecule has 0 aromatic carbocycles. The molecule has 72 valence electrons. The van der Waals surface area contributed by atoms with Gasteiger partial charge in [-0.25, -0.2) is 4.39 Å². The molecular formula is C12H12FN. The Labute approximate surface area is 83.3 Å². The van der Waals surface area contributed by atoms with Crippen LogP contribution in [0.25, 0.3) is 5.57 Å². The van der Waals surface area contributed by atoms with E-state index in [9.17, 15) is 4.39 Å². The average Bonchev–Trinajstić information content (AvgIpc) is 2.19. The molecule has 14 heavy (non-hydrogen) atoms. The smallest absolute Gasteiger partial charge is 0.126 e. The fourth-order valence-corrected chi connectivity index (χ4v) is 0.925. The van der Waals surface area contributed by atoms with Crippen LogP contribution in [0.2, 0.25) is 0 Å². The Bertz CT molecular complexity index is 377. The highest BCUT2D eigenvalue weighted by Crippen LogP contribution is 2.17. The highest BCUT2D eigenvalue weighted by molar-refractivity contribution is 5.72. The summed E-state index contributed by atoms with van der Waals surface area (Å²) in [4.78, 5) is 3.87. The molecule has 1 rings (SSSR count). The maximum atomic E-state index is 13.1. The van der Waals surface area contributed by atoms with Crippen molar-refractivity contribution in [1.29, 1.82) is 0 Å². The van der Waals surface area contributed by atoms with Crippen LogP contribution in [0.15, 0.2) is 55.2 Å². The molecule has 0 saturated heterocycles. The topological polar surface area (TPSA) is 12.9 Å². The molecule has 0 saturated carbocycles. The maximum absolute atomic E-state index is 13.1. The van der Waals surface area contributed by atoms with Gasteiger partial charge in [0.1, 0.15) is 5.83 Å². The zero-order valence-corrected chi connectivity index (χ0v) is 8.13. The van der Waals surface area contributed by atoms with E-state index in [1.807, 2.05) is 0 Å². The third kappa shape index (κ3) is 2.66. The number of hydrogen-bond donors (Lipinski definition) is 0. The first-order chi connectivity index (χ1) is 6.61. The second-order valence-corrected chi connectivity index (χ2v) is 3.03. The van der Waals surface area contributed by atoms with Crippen LogP contribution in [0.3, 0.4) is 0 Å². The van der Waals surface area contributed by atoms with Crippen LogP contribution < -0.4 is 0 Å². The van der Waals surface area contributed by atoms with Crippen molar-refractivity contribution in [3.8, 4) is 0 Å². The second-order valence-electron chi connectivity index (χ2n) is 3.03. The summed E-state index contributed by atoms with van der Waals surface area (Å²) in [6, 6.07) is 3.56. The molecule has 0 fully saturated rings.